The Bertz CT molecular complexity index is 1340. The Morgan fingerprint density at radius 1 is 1.16 bits per heavy atom. The molecular weight excluding hydrogens is 512 g/mol. The third kappa shape index (κ3) is 6.22. The molecule has 0 bridgehead atoms. The third-order valence-corrected chi connectivity index (χ3v) is 5.69. The predicted molar refractivity (Wildman–Crippen MR) is 125 cm³/mol. The number of halogens is 4. The molecule has 0 radical (unpaired) electrons. The van der Waals surface area contributed by atoms with Gasteiger partial charge in [0.25, 0.3) is 5.91 Å². The number of carbonyl (C=O) groups is 2. The summed E-state index contributed by atoms with van der Waals surface area (Å²) in [7, 11) is 0. The number of nitrogens with two attached hydrogens (primary N) is 2. The molecule has 1 aromatic heterocycles. The number of ether oxygens (including phenoxy) is 2. The first-order valence-electron chi connectivity index (χ1n) is 11.6. The number of amides is 2. The van der Waals surface area contributed by atoms with Gasteiger partial charge in [0, 0.05) is 17.2 Å². The molecule has 202 valence electrons. The molecule has 3 aromatic rings. The lowest BCUT2D eigenvalue weighted by molar-refractivity contribution is -0.120. The summed E-state index contributed by atoms with van der Waals surface area (Å²) in [5, 5.41) is 2.27. The van der Waals surface area contributed by atoms with Crippen molar-refractivity contribution in [2.24, 2.45) is 17.4 Å². The number of hydrogen-bond acceptors (Lipinski definition) is 7. The number of primary amides is 1. The van der Waals surface area contributed by atoms with Crippen molar-refractivity contribution in [3.63, 3.8) is 0 Å². The molecule has 1 saturated carbocycles. The molecule has 2 atom stereocenters. The van der Waals surface area contributed by atoms with Crippen molar-refractivity contribution in [2.45, 2.75) is 38.5 Å². The van der Waals surface area contributed by atoms with Crippen LogP contribution in [0.25, 0.3) is 11.5 Å². The number of nitrogens with one attached hydrogen (secondary N) is 1. The van der Waals surface area contributed by atoms with Gasteiger partial charge in [-0.05, 0) is 49.9 Å². The van der Waals surface area contributed by atoms with E-state index in [4.69, 9.17) is 20.6 Å². The van der Waals surface area contributed by atoms with Crippen molar-refractivity contribution in [3.8, 4) is 23.0 Å². The van der Waals surface area contributed by atoms with Crippen molar-refractivity contribution in [1.29, 1.82) is 0 Å². The Kier molecular flexibility index (Phi) is 7.86. The number of carbonyl (C=O) groups excluding carboxylic acids is 2. The van der Waals surface area contributed by atoms with E-state index in [1.807, 2.05) is 0 Å². The molecule has 2 amide bonds. The van der Waals surface area contributed by atoms with Crippen molar-refractivity contribution in [3.05, 3.63) is 65.1 Å². The van der Waals surface area contributed by atoms with Crippen LogP contribution in [0.5, 0.6) is 11.5 Å². The van der Waals surface area contributed by atoms with Gasteiger partial charge in [0.1, 0.15) is 17.7 Å². The minimum absolute atomic E-state index is 0.0295. The molecule has 4 rings (SSSR count). The zero-order valence-corrected chi connectivity index (χ0v) is 20.0. The zero-order valence-electron chi connectivity index (χ0n) is 20.0. The number of hydrogen-bond donors (Lipinski definition) is 3. The van der Waals surface area contributed by atoms with Crippen molar-refractivity contribution < 1.29 is 41.0 Å². The smallest absolute Gasteiger partial charge is 0.387 e. The Morgan fingerprint density at radius 2 is 1.89 bits per heavy atom. The van der Waals surface area contributed by atoms with E-state index in [1.165, 1.54) is 25.1 Å². The van der Waals surface area contributed by atoms with E-state index in [9.17, 15) is 27.2 Å². The van der Waals surface area contributed by atoms with Gasteiger partial charge in [-0.15, -0.1) is 0 Å². The van der Waals surface area contributed by atoms with Crippen LogP contribution < -0.4 is 26.3 Å². The van der Waals surface area contributed by atoms with Crippen LogP contribution in [0.4, 0.5) is 17.6 Å². The summed E-state index contributed by atoms with van der Waals surface area (Å²) in [6, 6.07) is 3.93. The lowest BCUT2D eigenvalue weighted by Crippen LogP contribution is -2.38. The standard InChI is InChI=1S/C25H24F4N4O5/c1-11(30)21-20(23(35)32-19(22(31)34)15-6-5-14(26)9-16(15)27)33-24(38-21)13-4-7-17(37-25(28)29)18(8-13)36-10-12-2-3-12/h4-9,11-12,19,25H,2-3,10,30H2,1H3,(H2,31,34)(H,32,35)/t11-,19?/m0/s1. The Morgan fingerprint density at radius 3 is 2.50 bits per heavy atom. The quantitative estimate of drug-likeness (QED) is 0.315. The van der Waals surface area contributed by atoms with E-state index < -0.39 is 42.1 Å². The number of oxazole rings is 1. The molecular formula is C25H24F4N4O5. The second-order valence-electron chi connectivity index (χ2n) is 8.79. The summed E-state index contributed by atoms with van der Waals surface area (Å²) in [5.74, 6) is -4.07. The maximum atomic E-state index is 14.3. The Balaban J connectivity index is 1.65. The van der Waals surface area contributed by atoms with Gasteiger partial charge >= 0.3 is 6.61 Å². The third-order valence-electron chi connectivity index (χ3n) is 5.69. The van der Waals surface area contributed by atoms with Crippen molar-refractivity contribution in [1.82, 2.24) is 10.3 Å². The number of alkyl halides is 2. The summed E-state index contributed by atoms with van der Waals surface area (Å²) < 4.78 is 69.2. The molecule has 1 fully saturated rings. The molecule has 0 aliphatic heterocycles. The molecule has 13 heteroatoms. The first-order chi connectivity index (χ1) is 18.0. The number of aromatic nitrogens is 1. The molecule has 2 aromatic carbocycles. The van der Waals surface area contributed by atoms with Gasteiger partial charge in [0.05, 0.1) is 12.6 Å². The van der Waals surface area contributed by atoms with E-state index >= 15 is 0 Å². The molecule has 1 unspecified atom stereocenters. The molecule has 0 spiro atoms. The van der Waals surface area contributed by atoms with E-state index in [-0.39, 0.29) is 40.0 Å². The second kappa shape index (κ2) is 11.1. The van der Waals surface area contributed by atoms with Crippen LogP contribution in [0.15, 0.2) is 40.8 Å². The zero-order chi connectivity index (χ0) is 27.6. The molecule has 0 saturated heterocycles. The van der Waals surface area contributed by atoms with Crippen LogP contribution in [-0.4, -0.2) is 30.0 Å². The predicted octanol–water partition coefficient (Wildman–Crippen LogP) is 3.99. The van der Waals surface area contributed by atoms with Crippen LogP contribution in [0, 0.1) is 17.6 Å². The maximum absolute atomic E-state index is 14.3. The number of rotatable bonds is 11. The fourth-order valence-corrected chi connectivity index (χ4v) is 3.60. The lowest BCUT2D eigenvalue weighted by atomic mass is 10.0. The van der Waals surface area contributed by atoms with Gasteiger partial charge in [-0.3, -0.25) is 9.59 Å². The minimum Gasteiger partial charge on any atom is -0.489 e. The van der Waals surface area contributed by atoms with Gasteiger partial charge in [0.2, 0.25) is 11.8 Å². The van der Waals surface area contributed by atoms with Gasteiger partial charge in [-0.25, -0.2) is 13.8 Å². The summed E-state index contributed by atoms with van der Waals surface area (Å²) in [5.41, 5.74) is 10.9. The normalized spacial score (nSPS) is 14.7. The van der Waals surface area contributed by atoms with Crippen LogP contribution in [0.1, 0.15) is 53.7 Å². The Labute approximate surface area is 214 Å². The largest absolute Gasteiger partial charge is 0.489 e. The lowest BCUT2D eigenvalue weighted by Gasteiger charge is -2.16. The molecule has 9 nitrogen and oxygen atoms in total. The van der Waals surface area contributed by atoms with E-state index in [1.54, 1.807) is 0 Å². The minimum atomic E-state index is -3.07. The highest BCUT2D eigenvalue weighted by Gasteiger charge is 2.30. The maximum Gasteiger partial charge on any atom is 0.387 e. The van der Waals surface area contributed by atoms with Crippen LogP contribution >= 0.6 is 0 Å². The molecule has 5 N–H and O–H groups in total. The molecule has 1 aliphatic carbocycles. The van der Waals surface area contributed by atoms with Gasteiger partial charge < -0.3 is 30.7 Å². The monoisotopic (exact) mass is 536 g/mol. The Hall–Kier alpha value is -4.13. The fraction of sp³-hybridized carbons (Fsp3) is 0.320. The summed E-state index contributed by atoms with van der Waals surface area (Å²) >= 11 is 0. The molecule has 1 heterocycles. The highest BCUT2D eigenvalue weighted by molar-refractivity contribution is 5.97. The van der Waals surface area contributed by atoms with Crippen LogP contribution in [-0.2, 0) is 4.79 Å². The number of nitrogens with zero attached hydrogens (tertiary/aromatic N) is 1. The van der Waals surface area contributed by atoms with Crippen molar-refractivity contribution in [2.75, 3.05) is 6.61 Å². The van der Waals surface area contributed by atoms with Gasteiger partial charge in [0.15, 0.2) is 23.0 Å². The topological polar surface area (TPSA) is 143 Å². The fourth-order valence-electron chi connectivity index (χ4n) is 3.60. The van der Waals surface area contributed by atoms with Gasteiger partial charge in [-0.1, -0.05) is 6.07 Å². The van der Waals surface area contributed by atoms with Crippen LogP contribution in [0.2, 0.25) is 0 Å². The van der Waals surface area contributed by atoms with Crippen molar-refractivity contribution >= 4 is 11.8 Å². The average Bonchev–Trinajstić information content (AvgIpc) is 3.56. The van der Waals surface area contributed by atoms with E-state index in [0.717, 1.165) is 25.0 Å². The van der Waals surface area contributed by atoms with E-state index in [2.05, 4.69) is 15.0 Å². The highest BCUT2D eigenvalue weighted by atomic mass is 19.3. The summed E-state index contributed by atoms with van der Waals surface area (Å²) in [6.45, 7) is -1.26. The first-order valence-corrected chi connectivity index (χ1v) is 11.6. The highest BCUT2D eigenvalue weighted by Crippen LogP contribution is 2.37. The summed E-state index contributed by atoms with van der Waals surface area (Å²) in [4.78, 5) is 29.3. The first kappa shape index (κ1) is 26.9. The number of benzene rings is 2. The molecule has 1 aliphatic rings. The second-order valence-corrected chi connectivity index (χ2v) is 8.79. The molecule has 38 heavy (non-hydrogen) atoms. The average molecular weight is 536 g/mol. The van der Waals surface area contributed by atoms with E-state index in [0.29, 0.717) is 18.6 Å². The summed E-state index contributed by atoms with van der Waals surface area (Å²) in [6.07, 6.45) is 1.93. The SMILES string of the molecule is C[C@H](N)c1oc(-c2ccc(OC(F)F)c(OCC3CC3)c2)nc1C(=O)NC(C(N)=O)c1ccc(F)cc1F. The van der Waals surface area contributed by atoms with Gasteiger partial charge in [-0.2, -0.15) is 8.78 Å². The van der Waals surface area contributed by atoms with Crippen LogP contribution in [0.3, 0.4) is 0 Å².